The fraction of sp³-hybridized carbons (Fsp3) is 0.167. The van der Waals surface area contributed by atoms with Crippen LogP contribution in [0.5, 0.6) is 5.75 Å². The minimum Gasteiger partial charge on any atom is -0.489 e. The number of ketones is 1. The van der Waals surface area contributed by atoms with Gasteiger partial charge in [0.1, 0.15) is 12.4 Å². The largest absolute Gasteiger partial charge is 0.489 e. The van der Waals surface area contributed by atoms with Crippen molar-refractivity contribution in [1.82, 2.24) is 0 Å². The van der Waals surface area contributed by atoms with Gasteiger partial charge >= 0.3 is 0 Å². The van der Waals surface area contributed by atoms with Gasteiger partial charge in [0.2, 0.25) is 0 Å². The summed E-state index contributed by atoms with van der Waals surface area (Å²) >= 11 is 1.73. The smallest absolute Gasteiger partial charge is 0.163 e. The van der Waals surface area contributed by atoms with E-state index in [0.717, 1.165) is 45.9 Å². The van der Waals surface area contributed by atoms with Crippen LogP contribution in [0.2, 0.25) is 0 Å². The second kappa shape index (κ2) is 9.43. The molecule has 0 fully saturated rings. The van der Waals surface area contributed by atoms with Crippen LogP contribution in [0.1, 0.15) is 40.8 Å². The van der Waals surface area contributed by atoms with Gasteiger partial charge in [-0.25, -0.2) is 0 Å². The number of ether oxygens (including phenoxy) is 1. The Kier molecular flexibility index (Phi) is 5.84. The zero-order valence-corrected chi connectivity index (χ0v) is 20.1. The van der Waals surface area contributed by atoms with Crippen molar-refractivity contribution in [1.29, 1.82) is 0 Å². The molecule has 2 heterocycles. The molecule has 174 valence electrons. The Balaban J connectivity index is 1.41. The van der Waals surface area contributed by atoms with E-state index >= 15 is 0 Å². The summed E-state index contributed by atoms with van der Waals surface area (Å²) < 4.78 is 6.31. The molecule has 4 nitrogen and oxygen atoms in total. The van der Waals surface area contributed by atoms with Crippen molar-refractivity contribution in [2.45, 2.75) is 31.4 Å². The van der Waals surface area contributed by atoms with Crippen LogP contribution in [0.3, 0.4) is 0 Å². The Labute approximate surface area is 209 Å². The van der Waals surface area contributed by atoms with Crippen molar-refractivity contribution < 1.29 is 9.53 Å². The molecule has 2 aliphatic rings. The van der Waals surface area contributed by atoms with Gasteiger partial charge in [-0.2, -0.15) is 0 Å². The van der Waals surface area contributed by atoms with Crippen molar-refractivity contribution in [3.05, 3.63) is 124 Å². The first-order chi connectivity index (χ1) is 17.3. The van der Waals surface area contributed by atoms with E-state index in [-0.39, 0.29) is 17.7 Å². The summed E-state index contributed by atoms with van der Waals surface area (Å²) in [6, 6.07) is 30.3. The van der Waals surface area contributed by atoms with Crippen LogP contribution >= 0.6 is 11.3 Å². The van der Waals surface area contributed by atoms with Gasteiger partial charge in [-0.15, -0.1) is 11.3 Å². The number of benzene rings is 3. The molecule has 0 saturated carbocycles. The van der Waals surface area contributed by atoms with Crippen LogP contribution < -0.4 is 15.4 Å². The number of Topliss-reactive ketones (excluding diaryl/α,β-unsaturated/α-hetero) is 1. The predicted octanol–water partition coefficient (Wildman–Crippen LogP) is 7.31. The van der Waals surface area contributed by atoms with Crippen LogP contribution in [-0.2, 0) is 11.4 Å². The summed E-state index contributed by atoms with van der Waals surface area (Å²) in [5.74, 6) is 1.16. The maximum absolute atomic E-state index is 13.7. The van der Waals surface area contributed by atoms with E-state index in [4.69, 9.17) is 4.74 Å². The van der Waals surface area contributed by atoms with Gasteiger partial charge in [-0.1, -0.05) is 66.7 Å². The van der Waals surface area contributed by atoms with E-state index in [1.165, 1.54) is 4.88 Å². The van der Waals surface area contributed by atoms with Gasteiger partial charge in [0.15, 0.2) is 5.78 Å². The Hall–Kier alpha value is -3.83. The zero-order valence-electron chi connectivity index (χ0n) is 19.2. The highest BCUT2D eigenvalue weighted by Gasteiger charge is 2.37. The zero-order chi connectivity index (χ0) is 23.6. The highest BCUT2D eigenvalue weighted by atomic mass is 32.1. The van der Waals surface area contributed by atoms with Crippen molar-refractivity contribution in [2.75, 3.05) is 10.6 Å². The number of para-hydroxylation sites is 3. The lowest BCUT2D eigenvalue weighted by atomic mass is 9.80. The monoisotopic (exact) mass is 478 g/mol. The lowest BCUT2D eigenvalue weighted by Gasteiger charge is -2.30. The number of allylic oxidation sites excluding steroid dienone is 1. The summed E-state index contributed by atoms with van der Waals surface area (Å²) in [5, 5.41) is 9.38. The molecule has 2 N–H and O–H groups in total. The normalized spacial score (nSPS) is 19.1. The molecule has 1 aliphatic heterocycles. The molecule has 0 saturated heterocycles. The van der Waals surface area contributed by atoms with Crippen LogP contribution in [0.4, 0.5) is 11.4 Å². The summed E-state index contributed by atoms with van der Waals surface area (Å²) in [4.78, 5) is 15.0. The highest BCUT2D eigenvalue weighted by Crippen LogP contribution is 2.46. The van der Waals surface area contributed by atoms with E-state index in [2.05, 4.69) is 58.5 Å². The van der Waals surface area contributed by atoms with Crippen molar-refractivity contribution >= 4 is 28.5 Å². The molecule has 0 bridgehead atoms. The molecule has 3 aromatic carbocycles. The van der Waals surface area contributed by atoms with Crippen LogP contribution in [-0.4, -0.2) is 5.78 Å². The van der Waals surface area contributed by atoms with E-state index < -0.39 is 0 Å². The molecule has 2 atom stereocenters. The third-order valence-corrected chi connectivity index (χ3v) is 7.76. The molecule has 6 rings (SSSR count). The van der Waals surface area contributed by atoms with Gasteiger partial charge in [-0.05, 0) is 41.6 Å². The first-order valence-corrected chi connectivity index (χ1v) is 12.8. The summed E-state index contributed by atoms with van der Waals surface area (Å²) in [7, 11) is 0. The van der Waals surface area contributed by atoms with Gasteiger partial charge in [-0.3, -0.25) is 4.79 Å². The quantitative estimate of drug-likeness (QED) is 0.316. The van der Waals surface area contributed by atoms with E-state index in [1.807, 2.05) is 48.5 Å². The molecule has 5 heteroatoms. The van der Waals surface area contributed by atoms with E-state index in [1.54, 1.807) is 11.3 Å². The highest BCUT2D eigenvalue weighted by molar-refractivity contribution is 7.10. The summed E-state index contributed by atoms with van der Waals surface area (Å²) in [6.45, 7) is 0.472. The molecule has 35 heavy (non-hydrogen) atoms. The SMILES string of the molecule is O=C1CC(c2cccs2)CC2=C1C(c1ccccc1OCc1ccccc1)Nc1ccccc1N2. The minimum absolute atomic E-state index is 0.181. The summed E-state index contributed by atoms with van der Waals surface area (Å²) in [6.07, 6.45) is 1.32. The number of rotatable bonds is 5. The Morgan fingerprint density at radius 3 is 2.43 bits per heavy atom. The molecular weight excluding hydrogens is 452 g/mol. The number of carbonyl (C=O) groups is 1. The van der Waals surface area contributed by atoms with Gasteiger partial charge in [0.25, 0.3) is 0 Å². The lowest BCUT2D eigenvalue weighted by molar-refractivity contribution is -0.116. The third-order valence-electron chi connectivity index (χ3n) is 6.72. The third kappa shape index (κ3) is 4.35. The number of thiophene rings is 1. The number of carbonyl (C=O) groups excluding carboxylic acids is 1. The number of hydrogen-bond acceptors (Lipinski definition) is 5. The topological polar surface area (TPSA) is 50.4 Å². The van der Waals surface area contributed by atoms with Gasteiger partial charge < -0.3 is 15.4 Å². The fourth-order valence-electron chi connectivity index (χ4n) is 5.04. The molecule has 0 spiro atoms. The Bertz CT molecular complexity index is 1380. The lowest BCUT2D eigenvalue weighted by Crippen LogP contribution is -2.27. The van der Waals surface area contributed by atoms with Gasteiger partial charge in [0.05, 0.1) is 17.4 Å². The van der Waals surface area contributed by atoms with E-state index in [0.29, 0.717) is 13.0 Å². The Morgan fingerprint density at radius 1 is 0.829 bits per heavy atom. The molecule has 0 radical (unpaired) electrons. The van der Waals surface area contributed by atoms with Gasteiger partial charge in [0, 0.05) is 34.0 Å². The number of fused-ring (bicyclic) bond motifs is 1. The first-order valence-electron chi connectivity index (χ1n) is 11.9. The molecule has 0 amide bonds. The maximum atomic E-state index is 13.7. The van der Waals surface area contributed by atoms with Crippen LogP contribution in [0.15, 0.2) is 108 Å². The average Bonchev–Trinajstić information content (AvgIpc) is 3.38. The van der Waals surface area contributed by atoms with Crippen LogP contribution in [0, 0.1) is 0 Å². The molecule has 4 aromatic rings. The predicted molar refractivity (Wildman–Crippen MR) is 142 cm³/mol. The molecule has 1 aliphatic carbocycles. The first kappa shape index (κ1) is 21.7. The maximum Gasteiger partial charge on any atom is 0.163 e. The van der Waals surface area contributed by atoms with Crippen LogP contribution in [0.25, 0.3) is 0 Å². The second-order valence-corrected chi connectivity index (χ2v) is 9.98. The van der Waals surface area contributed by atoms with Crippen molar-refractivity contribution in [3.63, 3.8) is 0 Å². The molecule has 2 unspecified atom stereocenters. The molecular formula is C30H26N2O2S. The fourth-order valence-corrected chi connectivity index (χ4v) is 5.87. The second-order valence-electron chi connectivity index (χ2n) is 9.00. The van der Waals surface area contributed by atoms with Crippen molar-refractivity contribution in [2.24, 2.45) is 0 Å². The average molecular weight is 479 g/mol. The Morgan fingerprint density at radius 2 is 1.60 bits per heavy atom. The number of hydrogen-bond donors (Lipinski definition) is 2. The van der Waals surface area contributed by atoms with E-state index in [9.17, 15) is 4.79 Å². The number of anilines is 2. The minimum atomic E-state index is -0.301. The van der Waals surface area contributed by atoms with Crippen molar-refractivity contribution in [3.8, 4) is 5.75 Å². The standard InChI is InChI=1S/C30H26N2O2S/c33-26-18-21(28-15-8-16-35-28)17-25-29(26)30(32-24-13-6-5-12-23(24)31-25)22-11-4-7-14-27(22)34-19-20-9-2-1-3-10-20/h1-16,21,30-32H,17-19H2. The summed E-state index contributed by atoms with van der Waals surface area (Å²) in [5.41, 5.74) is 5.85. The molecule has 1 aromatic heterocycles. The number of nitrogens with one attached hydrogen (secondary N) is 2.